The molecule has 1 heterocycles. The van der Waals surface area contributed by atoms with Crippen LogP contribution in [0.15, 0.2) is 30.5 Å². The number of aromatic nitrogens is 1. The van der Waals surface area contributed by atoms with Gasteiger partial charge in [-0.15, -0.1) is 0 Å². The highest BCUT2D eigenvalue weighted by atomic mass is 14.6. The van der Waals surface area contributed by atoms with Crippen LogP contribution in [0.2, 0.25) is 0 Å². The molecule has 9 heavy (non-hydrogen) atoms. The Hall–Kier alpha value is -1.11. The number of hydrogen-bond donors (Lipinski definition) is 0. The van der Waals surface area contributed by atoms with Crippen LogP contribution in [0.25, 0.3) is 6.08 Å². The summed E-state index contributed by atoms with van der Waals surface area (Å²) in [5.74, 6) is 0. The minimum atomic E-state index is 0.951. The number of pyridine rings is 1. The van der Waals surface area contributed by atoms with Gasteiger partial charge in [0.05, 0.1) is 5.69 Å². The summed E-state index contributed by atoms with van der Waals surface area (Å²) in [5, 5.41) is 0. The van der Waals surface area contributed by atoms with E-state index >= 15 is 0 Å². The maximum absolute atomic E-state index is 4.04. The molecule has 1 aromatic heterocycles. The van der Waals surface area contributed by atoms with Crippen molar-refractivity contribution in [2.75, 3.05) is 0 Å². The first kappa shape index (κ1) is 6.02. The molecular weight excluding hydrogens is 110 g/mol. The summed E-state index contributed by atoms with van der Waals surface area (Å²) in [6.07, 6.45) is 5.34. The Balaban J connectivity index is 2.85. The van der Waals surface area contributed by atoms with E-state index in [-0.39, 0.29) is 0 Å². The van der Waals surface area contributed by atoms with E-state index in [1.165, 1.54) is 0 Å². The van der Waals surface area contributed by atoms with Crippen LogP contribution in [-0.4, -0.2) is 4.98 Å². The van der Waals surface area contributed by atoms with Crippen LogP contribution in [0.4, 0.5) is 0 Å². The largest absolute Gasteiger partial charge is 0.257 e. The molecular formula is C8H8N. The predicted octanol–water partition coefficient (Wildman–Crippen LogP) is 1.93. The van der Waals surface area contributed by atoms with Crippen LogP contribution in [0.3, 0.4) is 0 Å². The van der Waals surface area contributed by atoms with Crippen molar-refractivity contribution in [3.05, 3.63) is 43.1 Å². The molecule has 0 aliphatic carbocycles. The Kier molecular flexibility index (Phi) is 2.02. The van der Waals surface area contributed by atoms with E-state index in [0.717, 1.165) is 5.69 Å². The summed E-state index contributed by atoms with van der Waals surface area (Å²) in [4.78, 5) is 4.04. The van der Waals surface area contributed by atoms with E-state index < -0.39 is 0 Å². The zero-order valence-electron chi connectivity index (χ0n) is 5.12. The Morgan fingerprint density at radius 1 is 1.44 bits per heavy atom. The fourth-order valence-corrected chi connectivity index (χ4v) is 0.595. The van der Waals surface area contributed by atoms with Gasteiger partial charge in [-0.2, -0.15) is 0 Å². The SMILES string of the molecule is [CH2]C=Cc1ccccn1. The van der Waals surface area contributed by atoms with Gasteiger partial charge in [0.1, 0.15) is 0 Å². The van der Waals surface area contributed by atoms with Gasteiger partial charge < -0.3 is 0 Å². The molecule has 1 aromatic rings. The van der Waals surface area contributed by atoms with Gasteiger partial charge in [0.15, 0.2) is 0 Å². The minimum Gasteiger partial charge on any atom is -0.257 e. The molecule has 0 aliphatic heterocycles. The molecule has 0 saturated carbocycles. The van der Waals surface area contributed by atoms with E-state index in [0.29, 0.717) is 0 Å². The molecule has 1 heteroatoms. The fourth-order valence-electron chi connectivity index (χ4n) is 0.595. The highest BCUT2D eigenvalue weighted by molar-refractivity contribution is 5.44. The first-order valence-electron chi connectivity index (χ1n) is 2.80. The summed E-state index contributed by atoms with van der Waals surface area (Å²) < 4.78 is 0. The van der Waals surface area contributed by atoms with Crippen molar-refractivity contribution in [2.24, 2.45) is 0 Å². The van der Waals surface area contributed by atoms with Crippen LogP contribution in [-0.2, 0) is 0 Å². The lowest BCUT2D eigenvalue weighted by Crippen LogP contribution is -1.74. The summed E-state index contributed by atoms with van der Waals surface area (Å²) in [7, 11) is 0. The molecule has 0 aliphatic rings. The van der Waals surface area contributed by atoms with Crippen LogP contribution in [0, 0.1) is 6.92 Å². The van der Waals surface area contributed by atoms with E-state index in [1.54, 1.807) is 12.3 Å². The fraction of sp³-hybridized carbons (Fsp3) is 0. The third-order valence-corrected chi connectivity index (χ3v) is 0.976. The van der Waals surface area contributed by atoms with E-state index in [2.05, 4.69) is 11.9 Å². The molecule has 0 spiro atoms. The van der Waals surface area contributed by atoms with Gasteiger partial charge in [0.25, 0.3) is 0 Å². The monoisotopic (exact) mass is 118 g/mol. The van der Waals surface area contributed by atoms with E-state index in [9.17, 15) is 0 Å². The molecule has 1 radical (unpaired) electrons. The van der Waals surface area contributed by atoms with Gasteiger partial charge in [-0.1, -0.05) is 12.1 Å². The first-order valence-corrected chi connectivity index (χ1v) is 2.80. The van der Waals surface area contributed by atoms with Crippen molar-refractivity contribution in [1.29, 1.82) is 0 Å². The zero-order valence-corrected chi connectivity index (χ0v) is 5.12. The molecule has 0 fully saturated rings. The van der Waals surface area contributed by atoms with Crippen molar-refractivity contribution in [1.82, 2.24) is 4.98 Å². The standard InChI is InChI=1S/C8H8N/c1-2-5-8-6-3-4-7-9-8/h2-7H,1H2. The van der Waals surface area contributed by atoms with Crippen LogP contribution >= 0.6 is 0 Å². The summed E-state index contributed by atoms with van der Waals surface area (Å²) in [6.45, 7) is 3.56. The Bertz CT molecular complexity index is 189. The van der Waals surface area contributed by atoms with Gasteiger partial charge in [-0.3, -0.25) is 4.98 Å². The third kappa shape index (κ3) is 1.68. The van der Waals surface area contributed by atoms with Gasteiger partial charge in [0.2, 0.25) is 0 Å². The molecule has 0 aromatic carbocycles. The van der Waals surface area contributed by atoms with E-state index in [4.69, 9.17) is 0 Å². The van der Waals surface area contributed by atoms with Gasteiger partial charge >= 0.3 is 0 Å². The second kappa shape index (κ2) is 3.02. The maximum atomic E-state index is 4.04. The lowest BCUT2D eigenvalue weighted by molar-refractivity contribution is 1.30. The van der Waals surface area contributed by atoms with Crippen LogP contribution in [0.5, 0.6) is 0 Å². The van der Waals surface area contributed by atoms with Crippen molar-refractivity contribution in [3.63, 3.8) is 0 Å². The van der Waals surface area contributed by atoms with Crippen LogP contribution in [0.1, 0.15) is 5.69 Å². The summed E-state index contributed by atoms with van der Waals surface area (Å²) in [6, 6.07) is 5.77. The first-order chi connectivity index (χ1) is 4.43. The van der Waals surface area contributed by atoms with Gasteiger partial charge in [0, 0.05) is 6.20 Å². The number of nitrogens with zero attached hydrogens (tertiary/aromatic N) is 1. The molecule has 1 rings (SSSR count). The average molecular weight is 118 g/mol. The summed E-state index contributed by atoms with van der Waals surface area (Å²) >= 11 is 0. The Morgan fingerprint density at radius 2 is 2.33 bits per heavy atom. The molecule has 0 saturated heterocycles. The molecule has 0 atom stereocenters. The Morgan fingerprint density at radius 3 is 2.89 bits per heavy atom. The quantitative estimate of drug-likeness (QED) is 0.549. The molecule has 1 nitrogen and oxygen atoms in total. The zero-order chi connectivity index (χ0) is 6.53. The van der Waals surface area contributed by atoms with E-state index in [1.807, 2.05) is 24.3 Å². The number of rotatable bonds is 1. The minimum absolute atomic E-state index is 0.951. The highest BCUT2D eigenvalue weighted by Gasteiger charge is 1.79. The molecule has 0 bridgehead atoms. The van der Waals surface area contributed by atoms with Crippen molar-refractivity contribution in [2.45, 2.75) is 0 Å². The molecule has 0 unspecified atom stereocenters. The van der Waals surface area contributed by atoms with Crippen LogP contribution < -0.4 is 0 Å². The summed E-state index contributed by atoms with van der Waals surface area (Å²) in [5.41, 5.74) is 0.951. The average Bonchev–Trinajstić information content (AvgIpc) is 1.91. The molecule has 45 valence electrons. The number of hydrogen-bond acceptors (Lipinski definition) is 1. The van der Waals surface area contributed by atoms with Crippen molar-refractivity contribution >= 4 is 6.08 Å². The lowest BCUT2D eigenvalue weighted by atomic mass is 10.3. The topological polar surface area (TPSA) is 12.9 Å². The maximum Gasteiger partial charge on any atom is 0.0626 e. The molecule has 0 N–H and O–H groups in total. The van der Waals surface area contributed by atoms with Crippen molar-refractivity contribution in [3.8, 4) is 0 Å². The second-order valence-corrected chi connectivity index (χ2v) is 1.66. The normalized spacial score (nSPS) is 10.3. The Labute approximate surface area is 55.1 Å². The second-order valence-electron chi connectivity index (χ2n) is 1.66. The van der Waals surface area contributed by atoms with Crippen molar-refractivity contribution < 1.29 is 0 Å². The third-order valence-electron chi connectivity index (χ3n) is 0.976. The smallest absolute Gasteiger partial charge is 0.0626 e. The number of allylic oxidation sites excluding steroid dienone is 1. The van der Waals surface area contributed by atoms with Gasteiger partial charge in [-0.25, -0.2) is 0 Å². The predicted molar refractivity (Wildman–Crippen MR) is 38.6 cm³/mol. The molecule has 0 amide bonds. The highest BCUT2D eigenvalue weighted by Crippen LogP contribution is 1.94. The lowest BCUT2D eigenvalue weighted by Gasteiger charge is -1.86. The van der Waals surface area contributed by atoms with Gasteiger partial charge in [-0.05, 0) is 25.1 Å².